The summed E-state index contributed by atoms with van der Waals surface area (Å²) in [5.74, 6) is 0. The molecule has 1 rings (SSSR count). The molecule has 10 nitrogen and oxygen atoms in total. The normalized spacial score (nSPS) is 14.5. The van der Waals surface area contributed by atoms with Gasteiger partial charge in [-0.15, -0.1) is 0 Å². The van der Waals surface area contributed by atoms with Crippen LogP contribution in [0.25, 0.3) is 0 Å². The molecule has 0 fully saturated rings. The summed E-state index contributed by atoms with van der Waals surface area (Å²) < 4.78 is 28.2. The van der Waals surface area contributed by atoms with E-state index in [9.17, 15) is 19.3 Å². The van der Waals surface area contributed by atoms with Gasteiger partial charge in [0, 0.05) is 26.0 Å². The van der Waals surface area contributed by atoms with Crippen molar-refractivity contribution in [2.24, 2.45) is 0 Å². The maximum absolute atomic E-state index is 12.0. The minimum atomic E-state index is -3.29. The molecule has 1 aromatic rings. The maximum atomic E-state index is 12.0. The Kier molecular flexibility index (Phi) is 8.01. The minimum absolute atomic E-state index is 0.0404. The first kappa shape index (κ1) is 20.8. The molecule has 0 radical (unpaired) electrons. The van der Waals surface area contributed by atoms with E-state index in [1.54, 1.807) is 0 Å². The van der Waals surface area contributed by atoms with Crippen LogP contribution in [0.2, 0.25) is 0 Å². The van der Waals surface area contributed by atoms with Gasteiger partial charge in [-0.1, -0.05) is 0 Å². The summed E-state index contributed by atoms with van der Waals surface area (Å²) in [5.41, 5.74) is -0.840. The van der Waals surface area contributed by atoms with Gasteiger partial charge >= 0.3 is 13.3 Å². The Morgan fingerprint density at radius 2 is 1.96 bits per heavy atom. The number of nitrogens with one attached hydrogen (secondary N) is 1. The standard InChI is InChI=1S/C13H23N2O8P/c1-9-6-15(13(19)14-12(9)18)8-23-11(10(17)7-16)4-5-24(20,21-2)22-3/h6,10-11,16-17H,4-5,7-8H2,1-3H3,(H,14,18,19)/t10-,11+/m0/s1. The predicted molar refractivity (Wildman–Crippen MR) is 85.1 cm³/mol. The van der Waals surface area contributed by atoms with Crippen LogP contribution in [0.5, 0.6) is 0 Å². The average molecular weight is 366 g/mol. The molecule has 2 atom stereocenters. The summed E-state index contributed by atoms with van der Waals surface area (Å²) in [4.78, 5) is 25.1. The van der Waals surface area contributed by atoms with Crippen LogP contribution in [0.1, 0.15) is 12.0 Å². The highest BCUT2D eigenvalue weighted by atomic mass is 31.2. The number of aromatic amines is 1. The molecular weight excluding hydrogens is 343 g/mol. The van der Waals surface area contributed by atoms with Gasteiger partial charge in [-0.25, -0.2) is 4.79 Å². The van der Waals surface area contributed by atoms with Crippen LogP contribution >= 0.6 is 7.60 Å². The van der Waals surface area contributed by atoms with Gasteiger partial charge in [-0.3, -0.25) is 18.9 Å². The highest BCUT2D eigenvalue weighted by molar-refractivity contribution is 7.53. The molecule has 24 heavy (non-hydrogen) atoms. The molecule has 0 aliphatic rings. The Bertz CT molecular complexity index is 677. The molecule has 0 spiro atoms. The topological polar surface area (TPSA) is 140 Å². The van der Waals surface area contributed by atoms with Gasteiger partial charge < -0.3 is 24.0 Å². The summed E-state index contributed by atoms with van der Waals surface area (Å²) in [6, 6.07) is 0. The first-order chi connectivity index (χ1) is 11.3. The molecule has 138 valence electrons. The number of H-pyrrole nitrogens is 1. The molecule has 1 aromatic heterocycles. The first-order valence-corrected chi connectivity index (χ1v) is 8.90. The predicted octanol–water partition coefficient (Wildman–Crippen LogP) is -0.583. The highest BCUT2D eigenvalue weighted by Gasteiger charge is 2.27. The van der Waals surface area contributed by atoms with Crippen LogP contribution in [-0.2, 0) is 25.1 Å². The average Bonchev–Trinajstić information content (AvgIpc) is 2.58. The number of hydrogen-bond acceptors (Lipinski definition) is 8. The van der Waals surface area contributed by atoms with E-state index >= 15 is 0 Å². The smallest absolute Gasteiger partial charge is 0.330 e. The van der Waals surface area contributed by atoms with Gasteiger partial charge in [-0.05, 0) is 13.3 Å². The quantitative estimate of drug-likeness (QED) is 0.467. The Morgan fingerprint density at radius 3 is 2.50 bits per heavy atom. The summed E-state index contributed by atoms with van der Waals surface area (Å²) in [6.45, 7) is 0.694. The van der Waals surface area contributed by atoms with Crippen molar-refractivity contribution in [2.45, 2.75) is 32.3 Å². The fraction of sp³-hybridized carbons (Fsp3) is 0.692. The van der Waals surface area contributed by atoms with Gasteiger partial charge in [0.1, 0.15) is 12.8 Å². The van der Waals surface area contributed by atoms with Gasteiger partial charge in [0.25, 0.3) is 5.56 Å². The van der Waals surface area contributed by atoms with E-state index in [0.29, 0.717) is 5.56 Å². The second-order valence-corrected chi connectivity index (χ2v) is 7.51. The van der Waals surface area contributed by atoms with Gasteiger partial charge in [0.05, 0.1) is 18.9 Å². The zero-order valence-corrected chi connectivity index (χ0v) is 14.7. The monoisotopic (exact) mass is 366 g/mol. The fourth-order valence-electron chi connectivity index (χ4n) is 1.94. The van der Waals surface area contributed by atoms with Crippen molar-refractivity contribution in [3.63, 3.8) is 0 Å². The second kappa shape index (κ2) is 9.26. The van der Waals surface area contributed by atoms with Crippen molar-refractivity contribution in [3.8, 4) is 0 Å². The Morgan fingerprint density at radius 1 is 1.33 bits per heavy atom. The Balaban J connectivity index is 2.81. The number of aryl methyl sites for hydroxylation is 1. The zero-order valence-electron chi connectivity index (χ0n) is 13.8. The molecule has 0 aliphatic carbocycles. The number of rotatable bonds is 10. The van der Waals surface area contributed by atoms with Gasteiger partial charge in [0.2, 0.25) is 0 Å². The summed E-state index contributed by atoms with van der Waals surface area (Å²) in [6.07, 6.45) is -0.808. The molecule has 0 aliphatic heterocycles. The molecule has 11 heteroatoms. The second-order valence-electron chi connectivity index (χ2n) is 5.11. The van der Waals surface area contributed by atoms with E-state index in [2.05, 4.69) is 4.98 Å². The van der Waals surface area contributed by atoms with E-state index in [1.807, 2.05) is 0 Å². The van der Waals surface area contributed by atoms with Crippen LogP contribution in [0.15, 0.2) is 15.8 Å². The lowest BCUT2D eigenvalue weighted by molar-refractivity contribution is -0.0831. The van der Waals surface area contributed by atoms with Gasteiger partial charge in [-0.2, -0.15) is 0 Å². The van der Waals surface area contributed by atoms with Crippen molar-refractivity contribution in [2.75, 3.05) is 27.0 Å². The zero-order chi connectivity index (χ0) is 18.3. The van der Waals surface area contributed by atoms with Crippen molar-refractivity contribution >= 4 is 7.60 Å². The number of aromatic nitrogens is 2. The summed E-state index contributed by atoms with van der Waals surface area (Å²) in [5, 5.41) is 18.9. The van der Waals surface area contributed by atoms with Crippen molar-refractivity contribution in [3.05, 3.63) is 32.6 Å². The number of aliphatic hydroxyl groups is 2. The fourth-order valence-corrected chi connectivity index (χ4v) is 3.02. The minimum Gasteiger partial charge on any atom is -0.394 e. The van der Waals surface area contributed by atoms with Crippen LogP contribution in [0.4, 0.5) is 0 Å². The highest BCUT2D eigenvalue weighted by Crippen LogP contribution is 2.47. The van der Waals surface area contributed by atoms with E-state index in [-0.39, 0.29) is 19.3 Å². The summed E-state index contributed by atoms with van der Waals surface area (Å²) >= 11 is 0. The van der Waals surface area contributed by atoms with Crippen LogP contribution in [-0.4, -0.2) is 59.0 Å². The van der Waals surface area contributed by atoms with Crippen LogP contribution < -0.4 is 11.2 Å². The maximum Gasteiger partial charge on any atom is 0.330 e. The Hall–Kier alpha value is -1.29. The molecule has 0 bridgehead atoms. The molecule has 0 aromatic carbocycles. The van der Waals surface area contributed by atoms with Crippen molar-refractivity contribution in [1.29, 1.82) is 0 Å². The number of ether oxygens (including phenoxy) is 1. The lowest BCUT2D eigenvalue weighted by Crippen LogP contribution is -2.37. The van der Waals surface area contributed by atoms with Crippen LogP contribution in [0, 0.1) is 6.92 Å². The van der Waals surface area contributed by atoms with Crippen molar-refractivity contribution < 1.29 is 28.6 Å². The third-order valence-corrected chi connectivity index (χ3v) is 5.40. The molecular formula is C13H23N2O8P. The van der Waals surface area contributed by atoms with E-state index in [0.717, 1.165) is 4.57 Å². The molecule has 0 amide bonds. The first-order valence-electron chi connectivity index (χ1n) is 7.17. The largest absolute Gasteiger partial charge is 0.394 e. The molecule has 1 heterocycles. The third-order valence-electron chi connectivity index (χ3n) is 3.48. The number of aliphatic hydroxyl groups excluding tert-OH is 2. The van der Waals surface area contributed by atoms with E-state index in [4.69, 9.17) is 18.9 Å². The SMILES string of the molecule is COP(=O)(CC[C@@H](OCn1cc(C)c(=O)[nH]c1=O)[C@@H](O)CO)OC. The van der Waals surface area contributed by atoms with E-state index in [1.165, 1.54) is 27.3 Å². The summed E-state index contributed by atoms with van der Waals surface area (Å²) in [7, 11) is -0.811. The number of hydrogen-bond donors (Lipinski definition) is 3. The third kappa shape index (κ3) is 5.66. The van der Waals surface area contributed by atoms with Crippen LogP contribution in [0.3, 0.4) is 0 Å². The molecule has 0 saturated heterocycles. The molecule has 0 unspecified atom stereocenters. The van der Waals surface area contributed by atoms with Crippen molar-refractivity contribution in [1.82, 2.24) is 9.55 Å². The Labute approximate surface area is 138 Å². The number of nitrogens with zero attached hydrogens (tertiary/aromatic N) is 1. The molecule has 3 N–H and O–H groups in total. The molecule has 0 saturated carbocycles. The van der Waals surface area contributed by atoms with E-state index < -0.39 is 37.7 Å². The van der Waals surface area contributed by atoms with Gasteiger partial charge in [0.15, 0.2) is 0 Å². The lowest BCUT2D eigenvalue weighted by atomic mass is 10.1. The lowest BCUT2D eigenvalue weighted by Gasteiger charge is -2.24.